The minimum atomic E-state index is -0.307. The van der Waals surface area contributed by atoms with E-state index in [0.29, 0.717) is 11.3 Å². The molecule has 0 amide bonds. The van der Waals surface area contributed by atoms with Crippen LogP contribution in [0, 0.1) is 12.7 Å². The lowest BCUT2D eigenvalue weighted by molar-refractivity contribution is 0.628. The van der Waals surface area contributed by atoms with Crippen LogP contribution >= 0.6 is 0 Å². The van der Waals surface area contributed by atoms with Crippen molar-refractivity contribution in [3.8, 4) is 28.1 Å². The fourth-order valence-corrected chi connectivity index (χ4v) is 4.19. The van der Waals surface area contributed by atoms with Crippen LogP contribution in [0.3, 0.4) is 0 Å². The number of aryl methyl sites for hydroxylation is 1. The zero-order valence-electron chi connectivity index (χ0n) is 17.4. The van der Waals surface area contributed by atoms with Crippen LogP contribution in [0.1, 0.15) is 12.5 Å². The summed E-state index contributed by atoms with van der Waals surface area (Å²) >= 11 is 0. The average molecular weight is 415 g/mol. The molecule has 0 unspecified atom stereocenters. The van der Waals surface area contributed by atoms with Gasteiger partial charge in [0, 0.05) is 24.8 Å². The van der Waals surface area contributed by atoms with Gasteiger partial charge in [0.05, 0.1) is 23.4 Å². The Kier molecular flexibility index (Phi) is 4.66. The molecule has 0 N–H and O–H groups in total. The summed E-state index contributed by atoms with van der Waals surface area (Å²) < 4.78 is 16.9. The van der Waals surface area contributed by atoms with Crippen LogP contribution in [-0.4, -0.2) is 32.7 Å². The largest absolute Gasteiger partial charge is 0.355 e. The maximum absolute atomic E-state index is 13.6. The third-order valence-electron chi connectivity index (χ3n) is 5.77. The van der Waals surface area contributed by atoms with Crippen LogP contribution in [0.25, 0.3) is 28.1 Å². The molecule has 4 aromatic rings. The van der Waals surface area contributed by atoms with E-state index in [9.17, 15) is 9.18 Å². The number of rotatable bonds is 4. The lowest BCUT2D eigenvalue weighted by Crippen LogP contribution is -2.24. The summed E-state index contributed by atoms with van der Waals surface area (Å²) in [5.41, 5.74) is 4.23. The van der Waals surface area contributed by atoms with Crippen LogP contribution in [-0.2, 0) is 6.54 Å². The molecule has 0 saturated carbocycles. The minimum Gasteiger partial charge on any atom is -0.355 e. The van der Waals surface area contributed by atoms with Gasteiger partial charge in [-0.2, -0.15) is 14.9 Å². The molecule has 0 radical (unpaired) electrons. The van der Waals surface area contributed by atoms with Crippen LogP contribution in [0.4, 0.5) is 10.2 Å². The molecule has 31 heavy (non-hydrogen) atoms. The van der Waals surface area contributed by atoms with Crippen molar-refractivity contribution in [3.05, 3.63) is 82.5 Å². The molecule has 1 aliphatic heterocycles. The third kappa shape index (κ3) is 3.13. The number of nitrogens with zero attached hydrogens (tertiary/aromatic N) is 5. The number of anilines is 1. The van der Waals surface area contributed by atoms with E-state index in [1.165, 1.54) is 16.8 Å². The molecule has 0 saturated heterocycles. The Bertz CT molecular complexity index is 1320. The molecule has 2 aromatic heterocycles. The summed E-state index contributed by atoms with van der Waals surface area (Å²) in [5, 5.41) is 9.15. The maximum atomic E-state index is 13.6. The Morgan fingerprint density at radius 1 is 1.03 bits per heavy atom. The second-order valence-electron chi connectivity index (χ2n) is 7.61. The quantitative estimate of drug-likeness (QED) is 0.505. The van der Waals surface area contributed by atoms with E-state index >= 15 is 0 Å². The first kappa shape index (κ1) is 19.2. The second kappa shape index (κ2) is 7.50. The molecule has 2 aromatic carbocycles. The number of hydrogen-bond donors (Lipinski definition) is 0. The Hall–Kier alpha value is -3.74. The summed E-state index contributed by atoms with van der Waals surface area (Å²) in [6.45, 7) is 6.43. The average Bonchev–Trinajstić information content (AvgIpc) is 3.34. The van der Waals surface area contributed by atoms with Gasteiger partial charge < -0.3 is 4.90 Å². The van der Waals surface area contributed by atoms with Crippen LogP contribution in [0.5, 0.6) is 0 Å². The van der Waals surface area contributed by atoms with Gasteiger partial charge in [0.15, 0.2) is 0 Å². The number of fused-ring (bicyclic) bond motifs is 1. The van der Waals surface area contributed by atoms with Crippen molar-refractivity contribution in [3.63, 3.8) is 0 Å². The first-order valence-corrected chi connectivity index (χ1v) is 10.3. The van der Waals surface area contributed by atoms with E-state index in [-0.39, 0.29) is 11.4 Å². The van der Waals surface area contributed by atoms with Gasteiger partial charge in [-0.15, -0.1) is 0 Å². The van der Waals surface area contributed by atoms with E-state index in [2.05, 4.69) is 16.9 Å². The highest BCUT2D eigenvalue weighted by atomic mass is 19.1. The van der Waals surface area contributed by atoms with Crippen LogP contribution < -0.4 is 10.5 Å². The van der Waals surface area contributed by atoms with Gasteiger partial charge in [0.25, 0.3) is 5.56 Å². The van der Waals surface area contributed by atoms with Gasteiger partial charge in [-0.3, -0.25) is 4.79 Å². The lowest BCUT2D eigenvalue weighted by atomic mass is 10.0. The molecule has 5 rings (SSSR count). The smallest absolute Gasteiger partial charge is 0.279 e. The molecule has 3 heterocycles. The van der Waals surface area contributed by atoms with E-state index in [4.69, 9.17) is 5.10 Å². The van der Waals surface area contributed by atoms with Crippen molar-refractivity contribution in [2.45, 2.75) is 20.4 Å². The van der Waals surface area contributed by atoms with E-state index in [1.54, 1.807) is 24.4 Å². The summed E-state index contributed by atoms with van der Waals surface area (Å²) in [6, 6.07) is 15.6. The van der Waals surface area contributed by atoms with Crippen molar-refractivity contribution in [2.75, 3.05) is 18.0 Å². The Morgan fingerprint density at radius 3 is 2.55 bits per heavy atom. The van der Waals surface area contributed by atoms with Gasteiger partial charge in [0.1, 0.15) is 17.3 Å². The molecule has 0 fully saturated rings. The minimum absolute atomic E-state index is 0.209. The lowest BCUT2D eigenvalue weighted by Gasteiger charge is -2.17. The normalized spacial score (nSPS) is 12.9. The number of hydrogen-bond acceptors (Lipinski definition) is 4. The van der Waals surface area contributed by atoms with Crippen molar-refractivity contribution < 1.29 is 4.39 Å². The van der Waals surface area contributed by atoms with Gasteiger partial charge in [0.2, 0.25) is 0 Å². The Balaban J connectivity index is 1.78. The Morgan fingerprint density at radius 2 is 1.81 bits per heavy atom. The molecular weight excluding hydrogens is 393 g/mol. The number of halogens is 1. The molecule has 7 heteroatoms. The predicted octanol–water partition coefficient (Wildman–Crippen LogP) is 4.05. The topological polar surface area (TPSA) is 56.0 Å². The van der Waals surface area contributed by atoms with Gasteiger partial charge >= 0.3 is 0 Å². The summed E-state index contributed by atoms with van der Waals surface area (Å²) in [4.78, 5) is 15.9. The van der Waals surface area contributed by atoms with Crippen molar-refractivity contribution in [1.82, 2.24) is 19.6 Å². The van der Waals surface area contributed by atoms with Gasteiger partial charge in [-0.1, -0.05) is 18.2 Å². The molecule has 156 valence electrons. The highest BCUT2D eigenvalue weighted by Gasteiger charge is 2.30. The number of likely N-dealkylation sites (N-methyl/N-ethyl adjacent to an activating group) is 1. The molecule has 6 nitrogen and oxygen atoms in total. The number of para-hydroxylation sites is 1. The molecule has 1 aliphatic rings. The SMILES string of the molecule is CCN1CCn2nc(-c3ccc(F)cc3)c(-c3ccnn(-c4ccccc4C)c3=O)c21. The number of aromatic nitrogens is 4. The highest BCUT2D eigenvalue weighted by molar-refractivity contribution is 5.89. The molecular formula is C24H22FN5O. The van der Waals surface area contributed by atoms with Crippen molar-refractivity contribution in [2.24, 2.45) is 0 Å². The fourth-order valence-electron chi connectivity index (χ4n) is 4.19. The second-order valence-corrected chi connectivity index (χ2v) is 7.61. The molecule has 0 bridgehead atoms. The predicted molar refractivity (Wildman–Crippen MR) is 119 cm³/mol. The standard InChI is InChI=1S/C24H22FN5O/c1-3-28-14-15-29-23(28)21(22(27-29)17-8-10-18(25)11-9-17)19-12-13-26-30(24(19)31)20-7-5-4-6-16(20)2/h4-13H,3,14-15H2,1-2H3. The van der Waals surface area contributed by atoms with Crippen LogP contribution in [0.15, 0.2) is 65.6 Å². The first-order chi connectivity index (χ1) is 15.1. The van der Waals surface area contributed by atoms with Gasteiger partial charge in [-0.25, -0.2) is 9.07 Å². The zero-order chi connectivity index (χ0) is 21.5. The third-order valence-corrected chi connectivity index (χ3v) is 5.77. The van der Waals surface area contributed by atoms with Crippen molar-refractivity contribution >= 4 is 5.82 Å². The summed E-state index contributed by atoms with van der Waals surface area (Å²) in [7, 11) is 0. The van der Waals surface area contributed by atoms with Crippen molar-refractivity contribution in [1.29, 1.82) is 0 Å². The zero-order valence-corrected chi connectivity index (χ0v) is 17.4. The Labute approximate surface area is 179 Å². The first-order valence-electron chi connectivity index (χ1n) is 10.3. The van der Waals surface area contributed by atoms with E-state index in [0.717, 1.165) is 47.8 Å². The summed E-state index contributed by atoms with van der Waals surface area (Å²) in [5.74, 6) is 0.611. The molecule has 0 atom stereocenters. The number of benzene rings is 2. The monoisotopic (exact) mass is 415 g/mol. The molecule has 0 spiro atoms. The van der Waals surface area contributed by atoms with E-state index in [1.807, 2.05) is 35.9 Å². The summed E-state index contributed by atoms with van der Waals surface area (Å²) in [6.07, 6.45) is 1.65. The van der Waals surface area contributed by atoms with Gasteiger partial charge in [-0.05, 0) is 55.8 Å². The molecule has 0 aliphatic carbocycles. The van der Waals surface area contributed by atoms with Crippen LogP contribution in [0.2, 0.25) is 0 Å². The fraction of sp³-hybridized carbons (Fsp3) is 0.208. The maximum Gasteiger partial charge on any atom is 0.279 e. The highest BCUT2D eigenvalue weighted by Crippen LogP contribution is 2.40. The van der Waals surface area contributed by atoms with E-state index < -0.39 is 0 Å².